The highest BCUT2D eigenvalue weighted by molar-refractivity contribution is 7.99. The van der Waals surface area contributed by atoms with Crippen molar-refractivity contribution >= 4 is 34.6 Å². The molecule has 132 valence electrons. The normalized spacial score (nSPS) is 15.1. The van der Waals surface area contributed by atoms with Crippen molar-refractivity contribution in [1.82, 2.24) is 15.6 Å². The predicted octanol–water partition coefficient (Wildman–Crippen LogP) is 3.79. The molecule has 2 aromatic rings. The number of fused-ring (bicyclic) bond motifs is 1. The molecule has 1 aromatic carbocycles. The lowest BCUT2D eigenvalue weighted by molar-refractivity contribution is -0.117. The summed E-state index contributed by atoms with van der Waals surface area (Å²) in [6.45, 7) is 2.03. The highest BCUT2D eigenvalue weighted by Gasteiger charge is 2.17. The van der Waals surface area contributed by atoms with Gasteiger partial charge in [0.15, 0.2) is 0 Å². The van der Waals surface area contributed by atoms with Crippen molar-refractivity contribution in [3.05, 3.63) is 35.9 Å². The molecule has 1 aliphatic rings. The molecule has 0 saturated heterocycles. The summed E-state index contributed by atoms with van der Waals surface area (Å²) in [6.07, 6.45) is 5.50. The number of thioether (sulfide) groups is 1. The van der Waals surface area contributed by atoms with Gasteiger partial charge in [-0.15, -0.1) is 0 Å². The fourth-order valence-corrected chi connectivity index (χ4v) is 3.94. The standard InChI is InChI=1S/C19H23N3O2S/c1-13-11-18(21-16-10-6-5-9-15(13)16)25-12-17(23)22-19(24)20-14-7-3-2-4-8-14/h5-6,9-11,14H,2-4,7-8,12H2,1H3,(H2,20,22,23,24). The number of amides is 3. The van der Waals surface area contributed by atoms with Gasteiger partial charge in [-0.2, -0.15) is 0 Å². The number of aromatic nitrogens is 1. The van der Waals surface area contributed by atoms with Gasteiger partial charge in [0, 0.05) is 11.4 Å². The highest BCUT2D eigenvalue weighted by Crippen LogP contribution is 2.23. The summed E-state index contributed by atoms with van der Waals surface area (Å²) in [6, 6.07) is 9.72. The number of aryl methyl sites for hydroxylation is 1. The average molecular weight is 357 g/mol. The van der Waals surface area contributed by atoms with E-state index >= 15 is 0 Å². The van der Waals surface area contributed by atoms with Gasteiger partial charge in [0.2, 0.25) is 5.91 Å². The molecule has 3 rings (SSSR count). The maximum atomic E-state index is 12.0. The Hall–Kier alpha value is -2.08. The first-order valence-electron chi connectivity index (χ1n) is 8.71. The zero-order valence-electron chi connectivity index (χ0n) is 14.4. The Morgan fingerprint density at radius 2 is 1.96 bits per heavy atom. The van der Waals surface area contributed by atoms with E-state index in [9.17, 15) is 9.59 Å². The molecule has 0 bridgehead atoms. The van der Waals surface area contributed by atoms with E-state index in [2.05, 4.69) is 15.6 Å². The molecule has 25 heavy (non-hydrogen) atoms. The van der Waals surface area contributed by atoms with E-state index in [4.69, 9.17) is 0 Å². The van der Waals surface area contributed by atoms with Gasteiger partial charge in [-0.25, -0.2) is 9.78 Å². The second-order valence-corrected chi connectivity index (χ2v) is 7.44. The lowest BCUT2D eigenvalue weighted by atomic mass is 9.96. The molecule has 0 aliphatic heterocycles. The fraction of sp³-hybridized carbons (Fsp3) is 0.421. The van der Waals surface area contributed by atoms with Crippen molar-refractivity contribution in [2.45, 2.75) is 50.1 Å². The van der Waals surface area contributed by atoms with E-state index in [1.165, 1.54) is 18.2 Å². The third-order valence-electron chi connectivity index (χ3n) is 4.44. The third kappa shape index (κ3) is 4.95. The average Bonchev–Trinajstić information content (AvgIpc) is 2.61. The van der Waals surface area contributed by atoms with E-state index in [1.54, 1.807) is 0 Å². The molecule has 1 saturated carbocycles. The van der Waals surface area contributed by atoms with Gasteiger partial charge in [-0.05, 0) is 37.5 Å². The lowest BCUT2D eigenvalue weighted by Gasteiger charge is -2.22. The Morgan fingerprint density at radius 3 is 2.76 bits per heavy atom. The van der Waals surface area contributed by atoms with E-state index in [1.807, 2.05) is 37.3 Å². The fourth-order valence-electron chi connectivity index (χ4n) is 3.16. The van der Waals surface area contributed by atoms with Crippen molar-refractivity contribution in [3.63, 3.8) is 0 Å². The van der Waals surface area contributed by atoms with E-state index in [0.717, 1.165) is 47.2 Å². The minimum Gasteiger partial charge on any atom is -0.335 e. The van der Waals surface area contributed by atoms with Crippen molar-refractivity contribution < 1.29 is 9.59 Å². The van der Waals surface area contributed by atoms with E-state index < -0.39 is 0 Å². The molecule has 1 heterocycles. The Kier molecular flexibility index (Phi) is 5.91. The van der Waals surface area contributed by atoms with Crippen molar-refractivity contribution in [2.24, 2.45) is 0 Å². The first kappa shape index (κ1) is 17.7. The molecular weight excluding hydrogens is 334 g/mol. The molecular formula is C19H23N3O2S. The summed E-state index contributed by atoms with van der Waals surface area (Å²) >= 11 is 1.34. The van der Waals surface area contributed by atoms with Gasteiger partial charge in [0.25, 0.3) is 0 Å². The minimum atomic E-state index is -0.389. The lowest BCUT2D eigenvalue weighted by Crippen LogP contribution is -2.45. The predicted molar refractivity (Wildman–Crippen MR) is 101 cm³/mol. The molecule has 2 N–H and O–H groups in total. The maximum absolute atomic E-state index is 12.0. The van der Waals surface area contributed by atoms with Crippen molar-refractivity contribution in [3.8, 4) is 0 Å². The summed E-state index contributed by atoms with van der Waals surface area (Å²) < 4.78 is 0. The van der Waals surface area contributed by atoms with Crippen LogP contribution in [0.2, 0.25) is 0 Å². The third-order valence-corrected chi connectivity index (χ3v) is 5.36. The Bertz CT molecular complexity index is 772. The molecule has 1 aromatic heterocycles. The summed E-state index contributed by atoms with van der Waals surface area (Å²) in [5.74, 6) is -0.131. The van der Waals surface area contributed by atoms with E-state index in [0.29, 0.717) is 0 Å². The second-order valence-electron chi connectivity index (χ2n) is 6.44. The van der Waals surface area contributed by atoms with Crippen LogP contribution in [0.15, 0.2) is 35.4 Å². The van der Waals surface area contributed by atoms with Crippen LogP contribution in [0.5, 0.6) is 0 Å². The van der Waals surface area contributed by atoms with Gasteiger partial charge < -0.3 is 5.32 Å². The van der Waals surface area contributed by atoms with Crippen LogP contribution in [0.1, 0.15) is 37.7 Å². The summed E-state index contributed by atoms with van der Waals surface area (Å²) in [7, 11) is 0. The smallest absolute Gasteiger partial charge is 0.321 e. The number of urea groups is 1. The summed E-state index contributed by atoms with van der Waals surface area (Å²) in [5.41, 5.74) is 2.05. The number of imide groups is 1. The van der Waals surface area contributed by atoms with Gasteiger partial charge in [-0.1, -0.05) is 49.2 Å². The second kappa shape index (κ2) is 8.34. The molecule has 0 unspecified atom stereocenters. The minimum absolute atomic E-state index is 0.170. The monoisotopic (exact) mass is 357 g/mol. The van der Waals surface area contributed by atoms with Crippen LogP contribution < -0.4 is 10.6 Å². The largest absolute Gasteiger partial charge is 0.335 e. The van der Waals surface area contributed by atoms with Gasteiger partial charge >= 0.3 is 6.03 Å². The number of carbonyl (C=O) groups excluding carboxylic acids is 2. The van der Waals surface area contributed by atoms with Crippen LogP contribution >= 0.6 is 11.8 Å². The zero-order chi connectivity index (χ0) is 17.6. The number of benzene rings is 1. The van der Waals surface area contributed by atoms with Crippen LogP contribution in [0.3, 0.4) is 0 Å². The number of hydrogen-bond donors (Lipinski definition) is 2. The number of rotatable bonds is 4. The molecule has 1 fully saturated rings. The van der Waals surface area contributed by atoms with Crippen molar-refractivity contribution in [2.75, 3.05) is 5.75 Å². The summed E-state index contributed by atoms with van der Waals surface area (Å²) in [4.78, 5) is 28.5. The first-order chi connectivity index (χ1) is 12.1. The molecule has 6 heteroatoms. The van der Waals surface area contributed by atoms with Gasteiger partial charge in [-0.3, -0.25) is 10.1 Å². The number of para-hydroxylation sites is 1. The topological polar surface area (TPSA) is 71.1 Å². The maximum Gasteiger partial charge on any atom is 0.321 e. The molecule has 0 spiro atoms. The number of carbonyl (C=O) groups is 2. The van der Waals surface area contributed by atoms with Gasteiger partial charge in [0.05, 0.1) is 16.3 Å². The Balaban J connectivity index is 1.51. The molecule has 0 atom stereocenters. The zero-order valence-corrected chi connectivity index (χ0v) is 15.2. The van der Waals surface area contributed by atoms with Crippen LogP contribution in [-0.2, 0) is 4.79 Å². The van der Waals surface area contributed by atoms with Crippen LogP contribution in [-0.4, -0.2) is 28.7 Å². The summed E-state index contributed by atoms with van der Waals surface area (Å²) in [5, 5.41) is 7.20. The number of nitrogens with zero attached hydrogens (tertiary/aromatic N) is 1. The van der Waals surface area contributed by atoms with Gasteiger partial charge in [0.1, 0.15) is 0 Å². The number of nitrogens with one attached hydrogen (secondary N) is 2. The first-order valence-corrected chi connectivity index (χ1v) is 9.70. The molecule has 1 aliphatic carbocycles. The highest BCUT2D eigenvalue weighted by atomic mass is 32.2. The number of pyridine rings is 1. The van der Waals surface area contributed by atoms with E-state index in [-0.39, 0.29) is 23.7 Å². The van der Waals surface area contributed by atoms with Crippen LogP contribution in [0, 0.1) is 6.92 Å². The molecule has 0 radical (unpaired) electrons. The SMILES string of the molecule is Cc1cc(SCC(=O)NC(=O)NC2CCCCC2)nc2ccccc12. The molecule has 5 nitrogen and oxygen atoms in total. The van der Waals surface area contributed by atoms with Crippen molar-refractivity contribution in [1.29, 1.82) is 0 Å². The Morgan fingerprint density at radius 1 is 1.20 bits per heavy atom. The van der Waals surface area contributed by atoms with Crippen LogP contribution in [0.25, 0.3) is 10.9 Å². The van der Waals surface area contributed by atoms with Crippen LogP contribution in [0.4, 0.5) is 4.79 Å². The Labute approximate surface area is 152 Å². The quantitative estimate of drug-likeness (QED) is 0.817. The molecule has 3 amide bonds. The number of hydrogen-bond acceptors (Lipinski definition) is 4.